The van der Waals surface area contributed by atoms with Crippen LogP contribution >= 0.6 is 11.6 Å². The second-order valence-electron chi connectivity index (χ2n) is 4.32. The van der Waals surface area contributed by atoms with Crippen LogP contribution in [0.4, 0.5) is 0 Å². The number of hydrogen-bond acceptors (Lipinski definition) is 3. The zero-order valence-corrected chi connectivity index (χ0v) is 11.7. The van der Waals surface area contributed by atoms with Crippen LogP contribution in [0.15, 0.2) is 22.6 Å². The molecule has 0 spiro atoms. The van der Waals surface area contributed by atoms with Crippen molar-refractivity contribution in [3.05, 3.63) is 34.5 Å². The van der Waals surface area contributed by atoms with Gasteiger partial charge in [0.05, 0.1) is 0 Å². The Kier molecular flexibility index (Phi) is 4.12. The fraction of sp³-hybridized carbons (Fsp3) is 0.357. The van der Waals surface area contributed by atoms with Crippen molar-refractivity contribution in [2.75, 3.05) is 13.1 Å². The molecule has 1 aromatic heterocycles. The van der Waals surface area contributed by atoms with Crippen LogP contribution in [0, 0.1) is 0 Å². The van der Waals surface area contributed by atoms with Crippen molar-refractivity contribution in [3.63, 3.8) is 0 Å². The van der Waals surface area contributed by atoms with Crippen molar-refractivity contribution in [2.24, 2.45) is 0 Å². The Hall–Kier alpha value is -1.52. The summed E-state index contributed by atoms with van der Waals surface area (Å²) >= 11 is 5.98. The van der Waals surface area contributed by atoms with Gasteiger partial charge in [-0.3, -0.25) is 4.90 Å². The highest BCUT2D eigenvalue weighted by atomic mass is 35.5. The van der Waals surface area contributed by atoms with Crippen LogP contribution in [0.5, 0.6) is 0 Å². The number of rotatable bonds is 5. The number of nitrogens with zero attached hydrogens (tertiary/aromatic N) is 1. The number of fused-ring (bicyclic) bond motifs is 1. The van der Waals surface area contributed by atoms with Crippen molar-refractivity contribution in [3.8, 4) is 0 Å². The second kappa shape index (κ2) is 5.63. The predicted molar refractivity (Wildman–Crippen MR) is 74.8 cm³/mol. The van der Waals surface area contributed by atoms with Crippen molar-refractivity contribution in [2.45, 2.75) is 20.4 Å². The Labute approximate surface area is 116 Å². The molecule has 0 aliphatic rings. The fourth-order valence-electron chi connectivity index (χ4n) is 2.12. The van der Waals surface area contributed by atoms with E-state index in [0.29, 0.717) is 22.7 Å². The maximum absolute atomic E-state index is 11.3. The number of aromatic carboxylic acids is 1. The van der Waals surface area contributed by atoms with Gasteiger partial charge in [-0.05, 0) is 31.3 Å². The zero-order chi connectivity index (χ0) is 14.0. The minimum absolute atomic E-state index is 0.00386. The first-order chi connectivity index (χ1) is 9.06. The third kappa shape index (κ3) is 2.74. The lowest BCUT2D eigenvalue weighted by atomic mass is 10.1. The monoisotopic (exact) mass is 281 g/mol. The summed E-state index contributed by atoms with van der Waals surface area (Å²) in [6.07, 6.45) is 0. The van der Waals surface area contributed by atoms with E-state index in [2.05, 4.69) is 4.90 Å². The van der Waals surface area contributed by atoms with Gasteiger partial charge in [0.1, 0.15) is 5.58 Å². The summed E-state index contributed by atoms with van der Waals surface area (Å²) in [5.41, 5.74) is 1.25. The van der Waals surface area contributed by atoms with Gasteiger partial charge in [-0.2, -0.15) is 0 Å². The third-order valence-corrected chi connectivity index (χ3v) is 3.46. The summed E-state index contributed by atoms with van der Waals surface area (Å²) in [7, 11) is 0. The molecule has 2 aromatic rings. The van der Waals surface area contributed by atoms with E-state index in [-0.39, 0.29) is 5.76 Å². The summed E-state index contributed by atoms with van der Waals surface area (Å²) in [6, 6.07) is 5.15. The average Bonchev–Trinajstić information content (AvgIpc) is 2.74. The van der Waals surface area contributed by atoms with Crippen LogP contribution in [0.2, 0.25) is 5.02 Å². The fourth-order valence-corrected chi connectivity index (χ4v) is 2.29. The normalized spacial score (nSPS) is 11.4. The number of hydrogen-bond donors (Lipinski definition) is 1. The van der Waals surface area contributed by atoms with Crippen LogP contribution in [0.1, 0.15) is 30.0 Å². The van der Waals surface area contributed by atoms with E-state index in [1.165, 1.54) is 0 Å². The molecule has 0 bridgehead atoms. The average molecular weight is 282 g/mol. The maximum atomic E-state index is 11.3. The standard InChI is InChI=1S/C14H16ClNO3/c1-3-16(4-2)8-11-10-7-9(15)5-6-12(10)19-13(11)14(17)18/h5-7H,3-4,8H2,1-2H3,(H,17,18). The first kappa shape index (κ1) is 13.9. The first-order valence-electron chi connectivity index (χ1n) is 6.23. The minimum atomic E-state index is -1.05. The lowest BCUT2D eigenvalue weighted by Crippen LogP contribution is -2.23. The molecule has 102 valence electrons. The molecular weight excluding hydrogens is 266 g/mol. The van der Waals surface area contributed by atoms with Crippen LogP contribution in [0.3, 0.4) is 0 Å². The zero-order valence-electron chi connectivity index (χ0n) is 10.9. The van der Waals surface area contributed by atoms with Gasteiger partial charge in [0.2, 0.25) is 5.76 Å². The van der Waals surface area contributed by atoms with Gasteiger partial charge in [-0.25, -0.2) is 4.79 Å². The van der Waals surface area contributed by atoms with E-state index in [0.717, 1.165) is 18.5 Å². The lowest BCUT2D eigenvalue weighted by molar-refractivity contribution is 0.0661. The van der Waals surface area contributed by atoms with E-state index < -0.39 is 5.97 Å². The summed E-state index contributed by atoms with van der Waals surface area (Å²) in [5, 5.41) is 10.6. The smallest absolute Gasteiger partial charge is 0.372 e. The molecule has 1 aromatic carbocycles. The van der Waals surface area contributed by atoms with Crippen molar-refractivity contribution in [1.82, 2.24) is 4.90 Å². The molecule has 0 fully saturated rings. The van der Waals surface area contributed by atoms with E-state index in [9.17, 15) is 9.90 Å². The number of furan rings is 1. The van der Waals surface area contributed by atoms with E-state index in [1.54, 1.807) is 18.2 Å². The molecule has 0 aliphatic carbocycles. The van der Waals surface area contributed by atoms with E-state index >= 15 is 0 Å². The minimum Gasteiger partial charge on any atom is -0.475 e. The summed E-state index contributed by atoms with van der Waals surface area (Å²) < 4.78 is 5.42. The van der Waals surface area contributed by atoms with Gasteiger partial charge >= 0.3 is 5.97 Å². The quantitative estimate of drug-likeness (QED) is 0.909. The lowest BCUT2D eigenvalue weighted by Gasteiger charge is -2.17. The van der Waals surface area contributed by atoms with E-state index in [1.807, 2.05) is 13.8 Å². The maximum Gasteiger partial charge on any atom is 0.372 e. The van der Waals surface area contributed by atoms with Crippen molar-refractivity contribution >= 4 is 28.5 Å². The van der Waals surface area contributed by atoms with Crippen LogP contribution in [-0.4, -0.2) is 29.1 Å². The predicted octanol–water partition coefficient (Wildman–Crippen LogP) is 3.63. The molecule has 19 heavy (non-hydrogen) atoms. The molecule has 0 amide bonds. The Morgan fingerprint density at radius 3 is 2.63 bits per heavy atom. The first-order valence-corrected chi connectivity index (χ1v) is 6.61. The SMILES string of the molecule is CCN(CC)Cc1c(C(=O)O)oc2ccc(Cl)cc12. The second-order valence-corrected chi connectivity index (χ2v) is 4.75. The van der Waals surface area contributed by atoms with Crippen LogP contribution < -0.4 is 0 Å². The highest BCUT2D eigenvalue weighted by Crippen LogP contribution is 2.29. The largest absolute Gasteiger partial charge is 0.475 e. The number of carbonyl (C=O) groups is 1. The topological polar surface area (TPSA) is 53.7 Å². The number of carboxylic acid groups (broad SMARTS) is 1. The van der Waals surface area contributed by atoms with Gasteiger partial charge in [0.15, 0.2) is 0 Å². The molecule has 0 unspecified atom stereocenters. The molecule has 0 radical (unpaired) electrons. The Morgan fingerprint density at radius 1 is 1.37 bits per heavy atom. The van der Waals surface area contributed by atoms with E-state index in [4.69, 9.17) is 16.0 Å². The molecular formula is C14H16ClNO3. The Bertz CT molecular complexity index is 602. The summed E-state index contributed by atoms with van der Waals surface area (Å²) in [6.45, 7) is 6.33. The number of carboxylic acids is 1. The van der Waals surface area contributed by atoms with Gasteiger partial charge in [-0.1, -0.05) is 25.4 Å². The van der Waals surface area contributed by atoms with Crippen LogP contribution in [0.25, 0.3) is 11.0 Å². The van der Waals surface area contributed by atoms with Gasteiger partial charge in [0, 0.05) is 22.5 Å². The number of benzene rings is 1. The molecule has 5 heteroatoms. The molecule has 0 saturated carbocycles. The highest BCUT2D eigenvalue weighted by molar-refractivity contribution is 6.31. The van der Waals surface area contributed by atoms with Gasteiger partial charge in [-0.15, -0.1) is 0 Å². The van der Waals surface area contributed by atoms with Crippen molar-refractivity contribution in [1.29, 1.82) is 0 Å². The van der Waals surface area contributed by atoms with Crippen molar-refractivity contribution < 1.29 is 14.3 Å². The van der Waals surface area contributed by atoms with Gasteiger partial charge in [0.25, 0.3) is 0 Å². The highest BCUT2D eigenvalue weighted by Gasteiger charge is 2.21. The summed E-state index contributed by atoms with van der Waals surface area (Å²) in [4.78, 5) is 13.4. The molecule has 0 aliphatic heterocycles. The molecule has 1 N–H and O–H groups in total. The molecule has 2 rings (SSSR count). The molecule has 0 atom stereocenters. The molecule has 4 nitrogen and oxygen atoms in total. The number of halogens is 1. The third-order valence-electron chi connectivity index (χ3n) is 3.22. The molecule has 0 saturated heterocycles. The Morgan fingerprint density at radius 2 is 2.05 bits per heavy atom. The molecule has 1 heterocycles. The van der Waals surface area contributed by atoms with Gasteiger partial charge < -0.3 is 9.52 Å². The Balaban J connectivity index is 2.56. The van der Waals surface area contributed by atoms with Crippen LogP contribution in [-0.2, 0) is 6.54 Å². The summed E-state index contributed by atoms with van der Waals surface area (Å²) in [5.74, 6) is -1.04.